The quantitative estimate of drug-likeness (QED) is 0.803. The molecule has 0 spiro atoms. The lowest BCUT2D eigenvalue weighted by Crippen LogP contribution is -2.19. The standard InChI is InChI=1S/C11H13F2NO/c12-8-1-2-10(9(13)5-8)14-6-11(7-15)3-4-11/h1-2,5,14-15H,3-4,6-7H2. The maximum absolute atomic E-state index is 13.2. The van der Waals surface area contributed by atoms with Gasteiger partial charge in [0.15, 0.2) is 0 Å². The third-order valence-corrected chi connectivity index (χ3v) is 2.88. The molecule has 0 aromatic heterocycles. The normalized spacial score (nSPS) is 17.5. The zero-order chi connectivity index (χ0) is 10.9. The average Bonchev–Trinajstić information content (AvgIpc) is 2.97. The highest BCUT2D eigenvalue weighted by molar-refractivity contribution is 5.45. The van der Waals surface area contributed by atoms with Gasteiger partial charge in [-0.25, -0.2) is 8.78 Å². The van der Waals surface area contributed by atoms with E-state index in [1.165, 1.54) is 12.1 Å². The summed E-state index contributed by atoms with van der Waals surface area (Å²) in [7, 11) is 0. The minimum atomic E-state index is -0.594. The van der Waals surface area contributed by atoms with Crippen LogP contribution in [0.1, 0.15) is 12.8 Å². The Morgan fingerprint density at radius 1 is 1.33 bits per heavy atom. The van der Waals surface area contributed by atoms with Crippen molar-refractivity contribution in [1.82, 2.24) is 0 Å². The van der Waals surface area contributed by atoms with Crippen molar-refractivity contribution < 1.29 is 13.9 Å². The Bertz CT molecular complexity index is 364. The number of benzene rings is 1. The van der Waals surface area contributed by atoms with Crippen LogP contribution in [0.2, 0.25) is 0 Å². The first kappa shape index (κ1) is 10.4. The lowest BCUT2D eigenvalue weighted by Gasteiger charge is -2.14. The van der Waals surface area contributed by atoms with Crippen molar-refractivity contribution in [2.75, 3.05) is 18.5 Å². The largest absolute Gasteiger partial charge is 0.396 e. The van der Waals surface area contributed by atoms with E-state index < -0.39 is 11.6 Å². The molecule has 4 heteroatoms. The van der Waals surface area contributed by atoms with Crippen LogP contribution in [0, 0.1) is 17.0 Å². The second-order valence-corrected chi connectivity index (χ2v) is 4.14. The van der Waals surface area contributed by atoms with Crippen LogP contribution >= 0.6 is 0 Å². The molecule has 1 aliphatic rings. The van der Waals surface area contributed by atoms with Gasteiger partial charge in [-0.05, 0) is 25.0 Å². The SMILES string of the molecule is OCC1(CNc2ccc(F)cc2F)CC1. The molecule has 82 valence electrons. The molecule has 1 aromatic carbocycles. The number of aliphatic hydroxyl groups is 1. The molecule has 0 bridgehead atoms. The van der Waals surface area contributed by atoms with Crippen molar-refractivity contribution in [3.8, 4) is 0 Å². The molecule has 1 aliphatic carbocycles. The van der Waals surface area contributed by atoms with Crippen LogP contribution in [-0.4, -0.2) is 18.3 Å². The van der Waals surface area contributed by atoms with Crippen LogP contribution in [0.5, 0.6) is 0 Å². The van der Waals surface area contributed by atoms with Gasteiger partial charge in [0.2, 0.25) is 0 Å². The Kier molecular flexibility index (Phi) is 2.61. The van der Waals surface area contributed by atoms with Crippen LogP contribution in [0.15, 0.2) is 18.2 Å². The Labute approximate surface area is 86.9 Å². The van der Waals surface area contributed by atoms with Gasteiger partial charge in [-0.15, -0.1) is 0 Å². The van der Waals surface area contributed by atoms with Gasteiger partial charge >= 0.3 is 0 Å². The molecule has 2 rings (SSSR count). The van der Waals surface area contributed by atoms with Crippen molar-refractivity contribution in [2.24, 2.45) is 5.41 Å². The maximum atomic E-state index is 13.2. The summed E-state index contributed by atoms with van der Waals surface area (Å²) < 4.78 is 25.8. The predicted molar refractivity (Wildman–Crippen MR) is 53.6 cm³/mol. The van der Waals surface area contributed by atoms with Crippen molar-refractivity contribution in [3.05, 3.63) is 29.8 Å². The summed E-state index contributed by atoms with van der Waals surface area (Å²) in [6.45, 7) is 0.648. The maximum Gasteiger partial charge on any atom is 0.149 e. The van der Waals surface area contributed by atoms with E-state index in [0.717, 1.165) is 18.9 Å². The fourth-order valence-corrected chi connectivity index (χ4v) is 1.48. The second-order valence-electron chi connectivity index (χ2n) is 4.14. The minimum absolute atomic E-state index is 0.0825. The van der Waals surface area contributed by atoms with Crippen molar-refractivity contribution >= 4 is 5.69 Å². The molecule has 0 atom stereocenters. The summed E-state index contributed by atoms with van der Waals surface area (Å²) >= 11 is 0. The molecular formula is C11H13F2NO. The van der Waals surface area contributed by atoms with Gasteiger partial charge in [0.05, 0.1) is 12.3 Å². The second kappa shape index (κ2) is 3.77. The number of rotatable bonds is 4. The zero-order valence-electron chi connectivity index (χ0n) is 8.26. The van der Waals surface area contributed by atoms with E-state index in [9.17, 15) is 8.78 Å². The van der Waals surface area contributed by atoms with Gasteiger partial charge in [-0.1, -0.05) is 0 Å². The summed E-state index contributed by atoms with van der Waals surface area (Å²) in [5.41, 5.74) is 0.206. The van der Waals surface area contributed by atoms with Crippen LogP contribution in [0.3, 0.4) is 0 Å². The number of hydrogen-bond donors (Lipinski definition) is 2. The highest BCUT2D eigenvalue weighted by Crippen LogP contribution is 2.44. The number of halogens is 2. The number of hydrogen-bond acceptors (Lipinski definition) is 2. The first-order valence-corrected chi connectivity index (χ1v) is 4.95. The molecule has 0 radical (unpaired) electrons. The summed E-state index contributed by atoms with van der Waals surface area (Å²) in [6, 6.07) is 3.43. The van der Waals surface area contributed by atoms with E-state index in [-0.39, 0.29) is 17.7 Å². The van der Waals surface area contributed by atoms with Gasteiger partial charge in [-0.3, -0.25) is 0 Å². The topological polar surface area (TPSA) is 32.3 Å². The number of anilines is 1. The van der Waals surface area contributed by atoms with Gasteiger partial charge in [0.1, 0.15) is 11.6 Å². The Hall–Kier alpha value is -1.16. The highest BCUT2D eigenvalue weighted by Gasteiger charge is 2.41. The molecule has 1 fully saturated rings. The molecule has 0 heterocycles. The van der Waals surface area contributed by atoms with E-state index >= 15 is 0 Å². The number of aliphatic hydroxyl groups excluding tert-OH is 1. The highest BCUT2D eigenvalue weighted by atomic mass is 19.1. The molecule has 2 N–H and O–H groups in total. The summed E-state index contributed by atoms with van der Waals surface area (Å²) in [4.78, 5) is 0. The van der Waals surface area contributed by atoms with E-state index in [1.54, 1.807) is 0 Å². The molecular weight excluding hydrogens is 200 g/mol. The average molecular weight is 213 g/mol. The van der Waals surface area contributed by atoms with Crippen molar-refractivity contribution in [3.63, 3.8) is 0 Å². The van der Waals surface area contributed by atoms with Gasteiger partial charge in [0, 0.05) is 18.0 Å². The molecule has 1 saturated carbocycles. The molecule has 1 aromatic rings. The van der Waals surface area contributed by atoms with E-state index in [1.807, 2.05) is 0 Å². The summed E-state index contributed by atoms with van der Waals surface area (Å²) in [5.74, 6) is -1.18. The Morgan fingerprint density at radius 2 is 2.07 bits per heavy atom. The molecule has 0 unspecified atom stereocenters. The van der Waals surface area contributed by atoms with Gasteiger partial charge in [0.25, 0.3) is 0 Å². The monoisotopic (exact) mass is 213 g/mol. The molecule has 2 nitrogen and oxygen atoms in total. The van der Waals surface area contributed by atoms with E-state index in [4.69, 9.17) is 5.11 Å². The Balaban J connectivity index is 1.99. The molecule has 0 amide bonds. The number of nitrogens with one attached hydrogen (secondary N) is 1. The zero-order valence-corrected chi connectivity index (χ0v) is 8.26. The summed E-state index contributed by atoms with van der Waals surface area (Å²) in [6.07, 6.45) is 1.92. The fourth-order valence-electron chi connectivity index (χ4n) is 1.48. The third kappa shape index (κ3) is 2.26. The first-order chi connectivity index (χ1) is 7.15. The predicted octanol–water partition coefficient (Wildman–Crippen LogP) is 2.15. The summed E-state index contributed by atoms with van der Waals surface area (Å²) in [5, 5.41) is 11.9. The third-order valence-electron chi connectivity index (χ3n) is 2.88. The lowest BCUT2D eigenvalue weighted by molar-refractivity contribution is 0.219. The van der Waals surface area contributed by atoms with Gasteiger partial charge < -0.3 is 10.4 Å². The van der Waals surface area contributed by atoms with Crippen molar-refractivity contribution in [1.29, 1.82) is 0 Å². The van der Waals surface area contributed by atoms with Crippen LogP contribution in [0.4, 0.5) is 14.5 Å². The first-order valence-electron chi connectivity index (χ1n) is 4.95. The Morgan fingerprint density at radius 3 is 2.60 bits per heavy atom. The minimum Gasteiger partial charge on any atom is -0.396 e. The van der Waals surface area contributed by atoms with E-state index in [0.29, 0.717) is 6.54 Å². The van der Waals surface area contributed by atoms with Crippen LogP contribution in [0.25, 0.3) is 0 Å². The molecule has 0 aliphatic heterocycles. The van der Waals surface area contributed by atoms with Gasteiger partial charge in [-0.2, -0.15) is 0 Å². The molecule has 15 heavy (non-hydrogen) atoms. The van der Waals surface area contributed by atoms with Crippen LogP contribution in [-0.2, 0) is 0 Å². The smallest absolute Gasteiger partial charge is 0.149 e. The van der Waals surface area contributed by atoms with Crippen molar-refractivity contribution in [2.45, 2.75) is 12.8 Å². The lowest BCUT2D eigenvalue weighted by atomic mass is 10.1. The van der Waals surface area contributed by atoms with E-state index in [2.05, 4.69) is 5.32 Å². The fraction of sp³-hybridized carbons (Fsp3) is 0.455. The molecule has 0 saturated heterocycles. The van der Waals surface area contributed by atoms with Crippen LogP contribution < -0.4 is 5.32 Å².